The van der Waals surface area contributed by atoms with Crippen LogP contribution in [0.5, 0.6) is 5.88 Å². The number of hydrogen-bond donors (Lipinski definition) is 4. The molecule has 0 fully saturated rings. The molecule has 0 unspecified atom stereocenters. The summed E-state index contributed by atoms with van der Waals surface area (Å²) in [6.45, 7) is 3.48. The topological polar surface area (TPSA) is 109 Å². The Bertz CT molecular complexity index is 897. The zero-order valence-electron chi connectivity index (χ0n) is 15.7. The van der Waals surface area contributed by atoms with Gasteiger partial charge in [-0.3, -0.25) is 0 Å². The maximum Gasteiger partial charge on any atom is 0.237 e. The molecule has 144 valence electrons. The van der Waals surface area contributed by atoms with E-state index in [4.69, 9.17) is 14.8 Å². The summed E-state index contributed by atoms with van der Waals surface area (Å²) >= 11 is 0. The molecule has 3 aromatic rings. The monoisotopic (exact) mass is 371 g/mol. The van der Waals surface area contributed by atoms with Crippen LogP contribution in [0.4, 0.5) is 17.3 Å². The molecule has 0 saturated carbocycles. The number of pyridine rings is 1. The highest BCUT2D eigenvalue weighted by atomic mass is 16.5. The number of aliphatic hydroxyl groups is 1. The fourth-order valence-electron chi connectivity index (χ4n) is 2.68. The molecule has 0 radical (unpaired) electrons. The average Bonchev–Trinajstić information content (AvgIpc) is 3.10. The second-order valence-corrected chi connectivity index (χ2v) is 6.29. The van der Waals surface area contributed by atoms with Crippen LogP contribution < -0.4 is 20.7 Å². The highest BCUT2D eigenvalue weighted by Gasteiger charge is 2.13. The molecule has 27 heavy (non-hydrogen) atoms. The zero-order chi connectivity index (χ0) is 19.2. The van der Waals surface area contributed by atoms with Gasteiger partial charge in [-0.15, -0.1) is 0 Å². The van der Waals surface area contributed by atoms with Gasteiger partial charge >= 0.3 is 0 Å². The van der Waals surface area contributed by atoms with Crippen molar-refractivity contribution in [2.24, 2.45) is 5.92 Å². The predicted molar refractivity (Wildman–Crippen MR) is 105 cm³/mol. The Morgan fingerprint density at radius 2 is 2.22 bits per heavy atom. The van der Waals surface area contributed by atoms with Gasteiger partial charge in [0.1, 0.15) is 17.3 Å². The van der Waals surface area contributed by atoms with Crippen LogP contribution >= 0.6 is 0 Å². The summed E-state index contributed by atoms with van der Waals surface area (Å²) in [5.41, 5.74) is 2.45. The molecule has 0 spiro atoms. The van der Waals surface area contributed by atoms with Crippen LogP contribution in [-0.4, -0.2) is 52.0 Å². The van der Waals surface area contributed by atoms with E-state index in [0.29, 0.717) is 18.2 Å². The summed E-state index contributed by atoms with van der Waals surface area (Å²) in [6.07, 6.45) is 3.47. The van der Waals surface area contributed by atoms with Crippen LogP contribution in [0.15, 0.2) is 30.6 Å². The second-order valence-electron chi connectivity index (χ2n) is 6.29. The maximum absolute atomic E-state index is 9.15. The highest BCUT2D eigenvalue weighted by Crippen LogP contribution is 2.26. The predicted octanol–water partition coefficient (Wildman–Crippen LogP) is 1.64. The number of nitrogens with one attached hydrogen (secondary N) is 3. The molecule has 9 nitrogen and oxygen atoms in total. The van der Waals surface area contributed by atoms with Crippen molar-refractivity contribution in [2.75, 3.05) is 37.9 Å². The van der Waals surface area contributed by atoms with Gasteiger partial charge in [0.2, 0.25) is 5.88 Å². The number of anilines is 3. The Morgan fingerprint density at radius 3 is 2.96 bits per heavy atom. The standard InChI is InChI=1S/C18H25N7O2/c1-12(11-26)8-20-9-13-10-22-25-16(19-2)7-15(24-17(13)25)23-14-5-4-6-21-18(14)27-3/h4-7,10,12,19-20,26H,8-9,11H2,1-3H3,(H,23,24)/t12-/m0/s1. The molecule has 3 aromatic heterocycles. The van der Waals surface area contributed by atoms with Crippen molar-refractivity contribution in [1.82, 2.24) is 24.9 Å². The Hall–Kier alpha value is -2.91. The van der Waals surface area contributed by atoms with Gasteiger partial charge in [-0.25, -0.2) is 9.97 Å². The summed E-state index contributed by atoms with van der Waals surface area (Å²) in [4.78, 5) is 8.90. The smallest absolute Gasteiger partial charge is 0.237 e. The van der Waals surface area contributed by atoms with E-state index < -0.39 is 0 Å². The molecular weight excluding hydrogens is 346 g/mol. The van der Waals surface area contributed by atoms with Gasteiger partial charge in [-0.2, -0.15) is 9.61 Å². The molecular formula is C18H25N7O2. The zero-order valence-corrected chi connectivity index (χ0v) is 15.7. The van der Waals surface area contributed by atoms with Crippen LogP contribution in [0.3, 0.4) is 0 Å². The van der Waals surface area contributed by atoms with Crippen molar-refractivity contribution in [1.29, 1.82) is 0 Å². The van der Waals surface area contributed by atoms with Crippen LogP contribution in [0.25, 0.3) is 5.65 Å². The van der Waals surface area contributed by atoms with Crippen LogP contribution in [0, 0.1) is 5.92 Å². The molecule has 1 atom stereocenters. The first kappa shape index (κ1) is 18.9. The molecule has 3 rings (SSSR count). The first-order chi connectivity index (χ1) is 13.2. The second kappa shape index (κ2) is 8.65. The van der Waals surface area contributed by atoms with E-state index in [9.17, 15) is 0 Å². The normalized spacial score (nSPS) is 12.1. The lowest BCUT2D eigenvalue weighted by atomic mass is 10.2. The Labute approximate surface area is 157 Å². The SMILES string of the molecule is CNc1cc(Nc2cccnc2OC)nc2c(CNC[C@H](C)CO)cnn12. The van der Waals surface area contributed by atoms with E-state index in [1.54, 1.807) is 24.0 Å². The molecule has 0 aromatic carbocycles. The van der Waals surface area contributed by atoms with Gasteiger partial charge in [0.05, 0.1) is 13.3 Å². The van der Waals surface area contributed by atoms with Crippen molar-refractivity contribution in [2.45, 2.75) is 13.5 Å². The van der Waals surface area contributed by atoms with Gasteiger partial charge in [0.25, 0.3) is 0 Å². The number of fused-ring (bicyclic) bond motifs is 1. The lowest BCUT2D eigenvalue weighted by molar-refractivity contribution is 0.233. The Morgan fingerprint density at radius 1 is 1.37 bits per heavy atom. The largest absolute Gasteiger partial charge is 0.480 e. The van der Waals surface area contributed by atoms with Gasteiger partial charge in [-0.1, -0.05) is 6.92 Å². The molecule has 0 aliphatic rings. The van der Waals surface area contributed by atoms with Crippen LogP contribution in [0.2, 0.25) is 0 Å². The fraction of sp³-hybridized carbons (Fsp3) is 0.389. The summed E-state index contributed by atoms with van der Waals surface area (Å²) in [6, 6.07) is 5.59. The van der Waals surface area contributed by atoms with E-state index in [1.165, 1.54) is 0 Å². The van der Waals surface area contributed by atoms with Crippen molar-refractivity contribution in [3.63, 3.8) is 0 Å². The third kappa shape index (κ3) is 4.26. The minimum absolute atomic E-state index is 0.158. The van der Waals surface area contributed by atoms with Crippen molar-refractivity contribution in [3.05, 3.63) is 36.2 Å². The Kier molecular flexibility index (Phi) is 6.05. The molecule has 9 heteroatoms. The van der Waals surface area contributed by atoms with E-state index in [-0.39, 0.29) is 12.5 Å². The van der Waals surface area contributed by atoms with Gasteiger partial charge in [0.15, 0.2) is 5.65 Å². The molecule has 3 heterocycles. The molecule has 0 saturated heterocycles. The molecule has 0 aliphatic carbocycles. The maximum atomic E-state index is 9.15. The van der Waals surface area contributed by atoms with Crippen molar-refractivity contribution < 1.29 is 9.84 Å². The number of ether oxygens (including phenoxy) is 1. The van der Waals surface area contributed by atoms with Crippen molar-refractivity contribution in [3.8, 4) is 5.88 Å². The highest BCUT2D eigenvalue weighted by molar-refractivity contribution is 5.67. The quantitative estimate of drug-likeness (QED) is 0.449. The number of methoxy groups -OCH3 is 1. The van der Waals surface area contributed by atoms with E-state index in [2.05, 4.69) is 26.0 Å². The first-order valence-corrected chi connectivity index (χ1v) is 8.79. The van der Waals surface area contributed by atoms with Crippen LogP contribution in [-0.2, 0) is 6.54 Å². The fourth-order valence-corrected chi connectivity index (χ4v) is 2.68. The molecule has 4 N–H and O–H groups in total. The number of aliphatic hydroxyl groups excluding tert-OH is 1. The number of aromatic nitrogens is 4. The van der Waals surface area contributed by atoms with Crippen molar-refractivity contribution >= 4 is 23.0 Å². The molecule has 0 amide bonds. The third-order valence-electron chi connectivity index (χ3n) is 4.15. The minimum Gasteiger partial charge on any atom is -0.480 e. The van der Waals surface area contributed by atoms with Gasteiger partial charge in [0, 0.05) is 44.6 Å². The van der Waals surface area contributed by atoms with Gasteiger partial charge in [-0.05, 0) is 18.1 Å². The van der Waals surface area contributed by atoms with E-state index >= 15 is 0 Å². The average molecular weight is 371 g/mol. The van der Waals surface area contributed by atoms with Crippen LogP contribution in [0.1, 0.15) is 12.5 Å². The summed E-state index contributed by atoms with van der Waals surface area (Å²) < 4.78 is 7.05. The Balaban J connectivity index is 1.89. The van der Waals surface area contributed by atoms with Gasteiger partial charge < -0.3 is 25.8 Å². The summed E-state index contributed by atoms with van der Waals surface area (Å²) in [5.74, 6) is 2.16. The number of rotatable bonds is 9. The van der Waals surface area contributed by atoms with E-state index in [0.717, 1.165) is 29.3 Å². The lowest BCUT2D eigenvalue weighted by Gasteiger charge is -2.12. The molecule has 0 aliphatic heterocycles. The minimum atomic E-state index is 0.158. The summed E-state index contributed by atoms with van der Waals surface area (Å²) in [7, 11) is 3.42. The number of hydrogen-bond acceptors (Lipinski definition) is 8. The summed E-state index contributed by atoms with van der Waals surface area (Å²) in [5, 5.41) is 23.3. The molecule has 0 bridgehead atoms. The lowest BCUT2D eigenvalue weighted by Crippen LogP contribution is -2.22. The van der Waals surface area contributed by atoms with E-state index in [1.807, 2.05) is 32.2 Å². The number of nitrogens with zero attached hydrogens (tertiary/aromatic N) is 4. The third-order valence-corrected chi connectivity index (χ3v) is 4.15. The first-order valence-electron chi connectivity index (χ1n) is 8.79.